The topological polar surface area (TPSA) is 69.9 Å². The SMILES string of the molecule is COc1cc(Nc2ccn3ncc(C4=CC=CC4)c3n2)cc(OC)c1OC. The molecule has 0 fully saturated rings. The fourth-order valence-corrected chi connectivity index (χ4v) is 3.11. The molecule has 4 rings (SSSR count). The van der Waals surface area contributed by atoms with Crippen LogP contribution in [0.15, 0.2) is 48.8 Å². The molecule has 0 aliphatic heterocycles. The molecule has 0 unspecified atom stereocenters. The number of rotatable bonds is 6. The van der Waals surface area contributed by atoms with Gasteiger partial charge in [0.25, 0.3) is 0 Å². The molecule has 1 aliphatic carbocycles. The van der Waals surface area contributed by atoms with Crippen LogP contribution >= 0.6 is 0 Å². The van der Waals surface area contributed by atoms with Crippen molar-refractivity contribution in [3.63, 3.8) is 0 Å². The maximum atomic E-state index is 5.41. The van der Waals surface area contributed by atoms with E-state index in [1.807, 2.05) is 30.6 Å². The first-order chi connectivity index (χ1) is 13.2. The normalized spacial score (nSPS) is 12.9. The number of allylic oxidation sites excluding steroid dienone is 4. The van der Waals surface area contributed by atoms with E-state index in [-0.39, 0.29) is 0 Å². The van der Waals surface area contributed by atoms with Crippen LogP contribution in [-0.2, 0) is 0 Å². The highest BCUT2D eigenvalue weighted by Gasteiger charge is 2.15. The number of fused-ring (bicyclic) bond motifs is 1. The van der Waals surface area contributed by atoms with E-state index < -0.39 is 0 Å². The Labute approximate surface area is 156 Å². The molecule has 0 spiro atoms. The second-order valence-corrected chi connectivity index (χ2v) is 6.00. The summed E-state index contributed by atoms with van der Waals surface area (Å²) in [6.07, 6.45) is 10.9. The third-order valence-corrected chi connectivity index (χ3v) is 4.42. The smallest absolute Gasteiger partial charge is 0.203 e. The fourth-order valence-electron chi connectivity index (χ4n) is 3.11. The zero-order chi connectivity index (χ0) is 18.8. The van der Waals surface area contributed by atoms with Crippen LogP contribution in [-0.4, -0.2) is 35.9 Å². The predicted octanol–water partition coefficient (Wildman–Crippen LogP) is 3.84. The van der Waals surface area contributed by atoms with Crippen LogP contribution < -0.4 is 19.5 Å². The summed E-state index contributed by atoms with van der Waals surface area (Å²) in [5.74, 6) is 2.40. The van der Waals surface area contributed by atoms with Crippen molar-refractivity contribution in [3.8, 4) is 17.2 Å². The van der Waals surface area contributed by atoms with Gasteiger partial charge in [0, 0.05) is 29.6 Å². The molecule has 0 bridgehead atoms. The van der Waals surface area contributed by atoms with Gasteiger partial charge in [0.15, 0.2) is 17.1 Å². The quantitative estimate of drug-likeness (QED) is 0.717. The molecular weight excluding hydrogens is 344 g/mol. The van der Waals surface area contributed by atoms with E-state index in [4.69, 9.17) is 19.2 Å². The molecule has 0 radical (unpaired) electrons. The van der Waals surface area contributed by atoms with E-state index in [0.29, 0.717) is 23.1 Å². The zero-order valence-electron chi connectivity index (χ0n) is 15.4. The van der Waals surface area contributed by atoms with Gasteiger partial charge < -0.3 is 19.5 Å². The van der Waals surface area contributed by atoms with Crippen molar-refractivity contribution < 1.29 is 14.2 Å². The van der Waals surface area contributed by atoms with E-state index in [1.165, 1.54) is 5.57 Å². The summed E-state index contributed by atoms with van der Waals surface area (Å²) in [6.45, 7) is 0. The molecule has 1 aliphatic rings. The monoisotopic (exact) mass is 364 g/mol. The van der Waals surface area contributed by atoms with Gasteiger partial charge in [-0.25, -0.2) is 9.50 Å². The summed E-state index contributed by atoms with van der Waals surface area (Å²) in [6, 6.07) is 5.55. The lowest BCUT2D eigenvalue weighted by Gasteiger charge is -2.15. The van der Waals surface area contributed by atoms with Gasteiger partial charge in [-0.15, -0.1) is 0 Å². The molecule has 0 amide bonds. The Balaban J connectivity index is 1.70. The number of hydrogen-bond acceptors (Lipinski definition) is 6. The lowest BCUT2D eigenvalue weighted by atomic mass is 10.1. The molecule has 2 heterocycles. The minimum absolute atomic E-state index is 0.549. The third kappa shape index (κ3) is 3.08. The standard InChI is InChI=1S/C20H20N4O3/c1-25-16-10-14(11-17(26-2)19(16)27-3)22-18-8-9-24-20(23-18)15(12-21-24)13-6-4-5-7-13/h4-6,8-12H,7H2,1-3H3,(H,22,23). The lowest BCUT2D eigenvalue weighted by Crippen LogP contribution is -2.00. The van der Waals surface area contributed by atoms with E-state index in [2.05, 4.69) is 28.6 Å². The molecule has 7 heteroatoms. The van der Waals surface area contributed by atoms with Crippen molar-refractivity contribution in [1.29, 1.82) is 0 Å². The summed E-state index contributed by atoms with van der Waals surface area (Å²) in [4.78, 5) is 4.74. The third-order valence-electron chi connectivity index (χ3n) is 4.42. The van der Waals surface area contributed by atoms with Crippen LogP contribution in [0.1, 0.15) is 12.0 Å². The molecule has 2 aromatic heterocycles. The molecule has 138 valence electrons. The molecule has 0 saturated heterocycles. The van der Waals surface area contributed by atoms with Crippen LogP contribution in [0, 0.1) is 0 Å². The number of nitrogens with one attached hydrogen (secondary N) is 1. The average molecular weight is 364 g/mol. The van der Waals surface area contributed by atoms with Gasteiger partial charge in [-0.2, -0.15) is 5.10 Å². The van der Waals surface area contributed by atoms with Gasteiger partial charge in [-0.1, -0.05) is 18.2 Å². The van der Waals surface area contributed by atoms with Crippen molar-refractivity contribution in [1.82, 2.24) is 14.6 Å². The summed E-state index contributed by atoms with van der Waals surface area (Å²) < 4.78 is 18.0. The number of nitrogens with zero attached hydrogens (tertiary/aromatic N) is 3. The Morgan fingerprint density at radius 2 is 1.85 bits per heavy atom. The largest absolute Gasteiger partial charge is 0.493 e. The molecule has 7 nitrogen and oxygen atoms in total. The van der Waals surface area contributed by atoms with Gasteiger partial charge >= 0.3 is 0 Å². The van der Waals surface area contributed by atoms with Crippen LogP contribution in [0.2, 0.25) is 0 Å². The van der Waals surface area contributed by atoms with Crippen molar-refractivity contribution >= 4 is 22.7 Å². The maximum absolute atomic E-state index is 5.41. The lowest BCUT2D eigenvalue weighted by molar-refractivity contribution is 0.324. The van der Waals surface area contributed by atoms with E-state index in [0.717, 1.165) is 23.3 Å². The minimum Gasteiger partial charge on any atom is -0.493 e. The van der Waals surface area contributed by atoms with E-state index in [1.54, 1.807) is 25.8 Å². The van der Waals surface area contributed by atoms with Crippen molar-refractivity contribution in [2.45, 2.75) is 6.42 Å². The molecule has 0 atom stereocenters. The molecule has 1 N–H and O–H groups in total. The van der Waals surface area contributed by atoms with Gasteiger partial charge in [-0.3, -0.25) is 0 Å². The van der Waals surface area contributed by atoms with Gasteiger partial charge in [0.1, 0.15) is 5.82 Å². The van der Waals surface area contributed by atoms with Crippen LogP contribution in [0.5, 0.6) is 17.2 Å². The van der Waals surface area contributed by atoms with Gasteiger partial charge in [0.2, 0.25) is 5.75 Å². The van der Waals surface area contributed by atoms with Gasteiger partial charge in [0.05, 0.1) is 27.5 Å². The zero-order valence-corrected chi connectivity index (χ0v) is 15.4. The molecule has 0 saturated carbocycles. The van der Waals surface area contributed by atoms with Gasteiger partial charge in [-0.05, 0) is 18.1 Å². The second-order valence-electron chi connectivity index (χ2n) is 6.00. The summed E-state index contributed by atoms with van der Waals surface area (Å²) >= 11 is 0. The Kier molecular flexibility index (Phi) is 4.42. The van der Waals surface area contributed by atoms with E-state index >= 15 is 0 Å². The minimum atomic E-state index is 0.549. The Morgan fingerprint density at radius 3 is 2.48 bits per heavy atom. The first-order valence-electron chi connectivity index (χ1n) is 8.51. The fraction of sp³-hybridized carbons (Fsp3) is 0.200. The Bertz CT molecular complexity index is 1030. The average Bonchev–Trinajstić information content (AvgIpc) is 3.36. The summed E-state index contributed by atoms with van der Waals surface area (Å²) in [7, 11) is 4.76. The molecular formula is C20H20N4O3. The maximum Gasteiger partial charge on any atom is 0.203 e. The first-order valence-corrected chi connectivity index (χ1v) is 8.51. The Hall–Kier alpha value is -3.48. The molecule has 27 heavy (non-hydrogen) atoms. The molecule has 3 aromatic rings. The van der Waals surface area contributed by atoms with Crippen LogP contribution in [0.4, 0.5) is 11.5 Å². The second kappa shape index (κ2) is 7.03. The Morgan fingerprint density at radius 1 is 1.07 bits per heavy atom. The highest BCUT2D eigenvalue weighted by atomic mass is 16.5. The van der Waals surface area contributed by atoms with Crippen molar-refractivity contribution in [2.24, 2.45) is 0 Å². The number of ether oxygens (including phenoxy) is 3. The summed E-state index contributed by atoms with van der Waals surface area (Å²) in [5, 5.41) is 7.69. The number of aromatic nitrogens is 3. The number of hydrogen-bond donors (Lipinski definition) is 1. The highest BCUT2D eigenvalue weighted by molar-refractivity contribution is 5.79. The van der Waals surface area contributed by atoms with Crippen LogP contribution in [0.3, 0.4) is 0 Å². The van der Waals surface area contributed by atoms with Crippen molar-refractivity contribution in [2.75, 3.05) is 26.6 Å². The van der Waals surface area contributed by atoms with Crippen LogP contribution in [0.25, 0.3) is 11.2 Å². The number of methoxy groups -OCH3 is 3. The highest BCUT2D eigenvalue weighted by Crippen LogP contribution is 2.40. The summed E-state index contributed by atoms with van der Waals surface area (Å²) in [5.41, 5.74) is 3.84. The first kappa shape index (κ1) is 17.0. The van der Waals surface area contributed by atoms with E-state index in [9.17, 15) is 0 Å². The number of anilines is 2. The molecule has 1 aromatic carbocycles. The predicted molar refractivity (Wildman–Crippen MR) is 104 cm³/mol. The van der Waals surface area contributed by atoms with Crippen molar-refractivity contribution in [3.05, 3.63) is 54.4 Å². The number of benzene rings is 1.